The molecule has 5 rings (SSSR count). The van der Waals surface area contributed by atoms with E-state index in [1.165, 1.54) is 32.5 Å². The summed E-state index contributed by atoms with van der Waals surface area (Å²) in [5.74, 6) is 0.998. The molecule has 4 fully saturated rings. The summed E-state index contributed by atoms with van der Waals surface area (Å²) >= 11 is 0. The normalized spacial score (nSPS) is 32.4. The molecule has 6 heteroatoms. The first-order valence-electron chi connectivity index (χ1n) is 8.44. The molecular formula is C16H25N5O. The smallest absolute Gasteiger partial charge is 0.272 e. The fraction of sp³-hybridized carbons (Fsp3) is 0.750. The van der Waals surface area contributed by atoms with Crippen molar-refractivity contribution in [1.29, 1.82) is 0 Å². The lowest BCUT2D eigenvalue weighted by Crippen LogP contribution is -2.61. The molecule has 4 saturated heterocycles. The maximum absolute atomic E-state index is 12.5. The number of hydrogen-bond acceptors (Lipinski definition) is 4. The zero-order valence-corrected chi connectivity index (χ0v) is 13.3. The predicted molar refractivity (Wildman–Crippen MR) is 83.6 cm³/mol. The lowest BCUT2D eigenvalue weighted by Gasteiger charge is -2.51. The Kier molecular flexibility index (Phi) is 3.66. The van der Waals surface area contributed by atoms with Gasteiger partial charge in [-0.3, -0.25) is 9.69 Å². The second-order valence-corrected chi connectivity index (χ2v) is 6.92. The highest BCUT2D eigenvalue weighted by Gasteiger charge is 2.38. The molecule has 1 atom stereocenters. The summed E-state index contributed by atoms with van der Waals surface area (Å²) in [6.07, 6.45) is 6.08. The number of carbonyl (C=O) groups excluding carboxylic acids is 1. The average molecular weight is 303 g/mol. The Morgan fingerprint density at radius 2 is 1.86 bits per heavy atom. The standard InChI is InChI=1S/C16H25N5O/c1-18-12-17-10-14(18)16(22)21-8-6-20(7-9-21)15-11-19-4-2-13(15)3-5-19/h10,12-13,15H,2-9,11H2,1H3/t15-/m1/s1. The highest BCUT2D eigenvalue weighted by Crippen LogP contribution is 2.31. The summed E-state index contributed by atoms with van der Waals surface area (Å²) in [5.41, 5.74) is 0.691. The SMILES string of the molecule is Cn1cncc1C(=O)N1CCN([C@@H]2CN3CCC2CC3)CC1. The summed E-state index contributed by atoms with van der Waals surface area (Å²) in [7, 11) is 1.88. The van der Waals surface area contributed by atoms with Crippen LogP contribution in [-0.4, -0.2) is 82.0 Å². The van der Waals surface area contributed by atoms with Gasteiger partial charge >= 0.3 is 0 Å². The molecule has 0 aliphatic carbocycles. The number of amides is 1. The van der Waals surface area contributed by atoms with Gasteiger partial charge in [0.1, 0.15) is 5.69 Å². The highest BCUT2D eigenvalue weighted by molar-refractivity contribution is 5.92. The van der Waals surface area contributed by atoms with E-state index in [1.54, 1.807) is 12.5 Å². The molecular weight excluding hydrogens is 278 g/mol. The largest absolute Gasteiger partial charge is 0.335 e. The van der Waals surface area contributed by atoms with Crippen molar-refractivity contribution in [1.82, 2.24) is 24.3 Å². The van der Waals surface area contributed by atoms with E-state index >= 15 is 0 Å². The first-order chi connectivity index (χ1) is 10.7. The zero-order valence-electron chi connectivity index (χ0n) is 13.3. The highest BCUT2D eigenvalue weighted by atomic mass is 16.2. The Bertz CT molecular complexity index is 540. The predicted octanol–water partition coefficient (Wildman–Crippen LogP) is 0.272. The van der Waals surface area contributed by atoms with Gasteiger partial charge in [-0.25, -0.2) is 4.98 Å². The van der Waals surface area contributed by atoms with Crippen LogP contribution in [0.4, 0.5) is 0 Å². The fourth-order valence-corrected chi connectivity index (χ4v) is 4.33. The number of imidazole rings is 1. The van der Waals surface area contributed by atoms with E-state index in [2.05, 4.69) is 14.8 Å². The van der Waals surface area contributed by atoms with Crippen LogP contribution in [0.1, 0.15) is 23.3 Å². The molecule has 0 radical (unpaired) electrons. The number of rotatable bonds is 2. The molecule has 0 saturated carbocycles. The first kappa shape index (κ1) is 14.2. The number of aryl methyl sites for hydroxylation is 1. The third-order valence-electron chi connectivity index (χ3n) is 5.73. The van der Waals surface area contributed by atoms with Crippen LogP contribution in [-0.2, 0) is 7.05 Å². The molecule has 1 amide bonds. The van der Waals surface area contributed by atoms with Crippen molar-refractivity contribution in [2.45, 2.75) is 18.9 Å². The molecule has 1 aromatic heterocycles. The quantitative estimate of drug-likeness (QED) is 0.787. The molecule has 0 unspecified atom stereocenters. The number of fused-ring (bicyclic) bond motifs is 3. The van der Waals surface area contributed by atoms with E-state index in [9.17, 15) is 4.79 Å². The van der Waals surface area contributed by atoms with Gasteiger partial charge in [-0.1, -0.05) is 0 Å². The summed E-state index contributed by atoms with van der Waals surface area (Å²) in [6.45, 7) is 7.53. The van der Waals surface area contributed by atoms with Crippen molar-refractivity contribution in [3.05, 3.63) is 18.2 Å². The van der Waals surface area contributed by atoms with Crippen LogP contribution < -0.4 is 0 Å². The van der Waals surface area contributed by atoms with E-state index in [0.717, 1.165) is 38.1 Å². The van der Waals surface area contributed by atoms with Gasteiger partial charge in [0.25, 0.3) is 5.91 Å². The van der Waals surface area contributed by atoms with E-state index in [-0.39, 0.29) is 5.91 Å². The minimum absolute atomic E-state index is 0.119. The number of hydrogen-bond donors (Lipinski definition) is 0. The van der Waals surface area contributed by atoms with Crippen LogP contribution in [0.25, 0.3) is 0 Å². The van der Waals surface area contributed by atoms with Gasteiger partial charge in [0.05, 0.1) is 12.5 Å². The molecule has 22 heavy (non-hydrogen) atoms. The van der Waals surface area contributed by atoms with Crippen molar-refractivity contribution in [2.75, 3.05) is 45.8 Å². The van der Waals surface area contributed by atoms with Crippen LogP contribution in [0.3, 0.4) is 0 Å². The molecule has 0 N–H and O–H groups in total. The molecule has 5 heterocycles. The third kappa shape index (κ3) is 2.44. The van der Waals surface area contributed by atoms with Gasteiger partial charge in [0.2, 0.25) is 0 Å². The Morgan fingerprint density at radius 3 is 2.41 bits per heavy atom. The second kappa shape index (κ2) is 5.66. The topological polar surface area (TPSA) is 44.6 Å². The Morgan fingerprint density at radius 1 is 1.14 bits per heavy atom. The lowest BCUT2D eigenvalue weighted by molar-refractivity contribution is -0.0132. The van der Waals surface area contributed by atoms with Crippen molar-refractivity contribution in [3.63, 3.8) is 0 Å². The van der Waals surface area contributed by atoms with Crippen LogP contribution in [0, 0.1) is 5.92 Å². The molecule has 6 nitrogen and oxygen atoms in total. The lowest BCUT2D eigenvalue weighted by atomic mass is 9.83. The van der Waals surface area contributed by atoms with E-state index < -0.39 is 0 Å². The molecule has 120 valence electrons. The summed E-state index contributed by atoms with van der Waals surface area (Å²) < 4.78 is 1.81. The van der Waals surface area contributed by atoms with Gasteiger partial charge in [-0.2, -0.15) is 0 Å². The van der Waals surface area contributed by atoms with Crippen molar-refractivity contribution < 1.29 is 4.79 Å². The van der Waals surface area contributed by atoms with Gasteiger partial charge in [-0.05, 0) is 31.8 Å². The molecule has 1 aromatic rings. The summed E-state index contributed by atoms with van der Waals surface area (Å²) in [6, 6.07) is 0.719. The number of nitrogens with zero attached hydrogens (tertiary/aromatic N) is 5. The van der Waals surface area contributed by atoms with E-state index in [0.29, 0.717) is 5.69 Å². The maximum atomic E-state index is 12.5. The van der Waals surface area contributed by atoms with Gasteiger partial charge in [-0.15, -0.1) is 0 Å². The van der Waals surface area contributed by atoms with Crippen LogP contribution in [0.15, 0.2) is 12.5 Å². The maximum Gasteiger partial charge on any atom is 0.272 e. The number of piperazine rings is 1. The van der Waals surface area contributed by atoms with Gasteiger partial charge in [0.15, 0.2) is 0 Å². The zero-order chi connectivity index (χ0) is 15.1. The van der Waals surface area contributed by atoms with Crippen LogP contribution in [0.5, 0.6) is 0 Å². The minimum Gasteiger partial charge on any atom is -0.335 e. The minimum atomic E-state index is 0.119. The summed E-state index contributed by atoms with van der Waals surface area (Å²) in [4.78, 5) is 23.8. The molecule has 4 aliphatic rings. The van der Waals surface area contributed by atoms with E-state index in [4.69, 9.17) is 0 Å². The third-order valence-corrected chi connectivity index (χ3v) is 5.73. The number of carbonyl (C=O) groups is 1. The molecule has 4 aliphatic heterocycles. The van der Waals surface area contributed by atoms with Gasteiger partial charge < -0.3 is 14.4 Å². The van der Waals surface area contributed by atoms with Crippen molar-refractivity contribution >= 4 is 5.91 Å². The van der Waals surface area contributed by atoms with E-state index in [1.807, 2.05) is 16.5 Å². The Labute approximate surface area is 131 Å². The second-order valence-electron chi connectivity index (χ2n) is 6.92. The number of aromatic nitrogens is 2. The fourth-order valence-electron chi connectivity index (χ4n) is 4.33. The molecule has 0 aromatic carbocycles. The average Bonchev–Trinajstić information content (AvgIpc) is 3.01. The van der Waals surface area contributed by atoms with Crippen molar-refractivity contribution in [3.8, 4) is 0 Å². The van der Waals surface area contributed by atoms with Crippen LogP contribution >= 0.6 is 0 Å². The van der Waals surface area contributed by atoms with Crippen molar-refractivity contribution in [2.24, 2.45) is 13.0 Å². The Hall–Kier alpha value is -1.40. The van der Waals surface area contributed by atoms with Crippen LogP contribution in [0.2, 0.25) is 0 Å². The molecule has 0 spiro atoms. The van der Waals surface area contributed by atoms with Gasteiger partial charge in [0, 0.05) is 45.8 Å². The first-order valence-corrected chi connectivity index (χ1v) is 8.44. The Balaban J connectivity index is 1.37. The number of piperidine rings is 3. The summed E-state index contributed by atoms with van der Waals surface area (Å²) in [5, 5.41) is 0. The monoisotopic (exact) mass is 303 g/mol. The molecule has 2 bridgehead atoms.